The fraction of sp³-hybridized carbons (Fsp3) is 1.00. The third-order valence-corrected chi connectivity index (χ3v) is 2.96. The second-order valence-corrected chi connectivity index (χ2v) is 4.06. The number of likely N-dealkylation sites (N-methyl/N-ethyl adjacent to an activating group) is 1. The quantitative estimate of drug-likeness (QED) is 0.672. The minimum absolute atomic E-state index is 0.711. The lowest BCUT2D eigenvalue weighted by Gasteiger charge is -2.25. The molecular weight excluding hydrogens is 148 g/mol. The lowest BCUT2D eigenvalue weighted by molar-refractivity contribution is 0.277. The summed E-state index contributed by atoms with van der Waals surface area (Å²) in [7, 11) is 2.22. The Bertz CT molecular complexity index is 125. The minimum atomic E-state index is 0.711. The van der Waals surface area contributed by atoms with Crippen molar-refractivity contribution in [1.82, 2.24) is 10.2 Å². The molecule has 1 aliphatic rings. The van der Waals surface area contributed by atoms with Crippen LogP contribution in [0.4, 0.5) is 0 Å². The highest BCUT2D eigenvalue weighted by molar-refractivity contribution is 4.78. The molecule has 1 saturated heterocycles. The first-order chi connectivity index (χ1) is 5.74. The molecule has 2 unspecified atom stereocenters. The first-order valence-corrected chi connectivity index (χ1v) is 5.16. The standard InChI is InChI=1S/C10H22N2/c1-4-9(2)10-8-12(3)7-5-6-11-10/h9-11H,4-8H2,1-3H3. The van der Waals surface area contributed by atoms with Gasteiger partial charge in [0, 0.05) is 12.6 Å². The lowest BCUT2D eigenvalue weighted by Crippen LogP contribution is -2.40. The second kappa shape index (κ2) is 4.83. The van der Waals surface area contributed by atoms with Gasteiger partial charge < -0.3 is 10.2 Å². The molecule has 0 spiro atoms. The predicted octanol–water partition coefficient (Wildman–Crippen LogP) is 1.33. The summed E-state index contributed by atoms with van der Waals surface area (Å²) in [6, 6.07) is 0.711. The van der Waals surface area contributed by atoms with E-state index < -0.39 is 0 Å². The van der Waals surface area contributed by atoms with E-state index >= 15 is 0 Å². The largest absolute Gasteiger partial charge is 0.312 e. The van der Waals surface area contributed by atoms with Crippen molar-refractivity contribution in [2.45, 2.75) is 32.7 Å². The maximum absolute atomic E-state index is 3.62. The molecule has 0 aromatic heterocycles. The van der Waals surface area contributed by atoms with Crippen LogP contribution in [-0.2, 0) is 0 Å². The van der Waals surface area contributed by atoms with Gasteiger partial charge in [0.15, 0.2) is 0 Å². The number of nitrogens with one attached hydrogen (secondary N) is 1. The smallest absolute Gasteiger partial charge is 0.0220 e. The van der Waals surface area contributed by atoms with Crippen LogP contribution in [-0.4, -0.2) is 37.6 Å². The van der Waals surface area contributed by atoms with Gasteiger partial charge in [0.25, 0.3) is 0 Å². The van der Waals surface area contributed by atoms with Crippen LogP contribution in [0.15, 0.2) is 0 Å². The van der Waals surface area contributed by atoms with Gasteiger partial charge in [0.05, 0.1) is 0 Å². The monoisotopic (exact) mass is 170 g/mol. The zero-order valence-electron chi connectivity index (χ0n) is 8.64. The van der Waals surface area contributed by atoms with E-state index in [1.54, 1.807) is 0 Å². The average Bonchev–Trinajstić information content (AvgIpc) is 2.28. The number of hydrogen-bond donors (Lipinski definition) is 1. The summed E-state index contributed by atoms with van der Waals surface area (Å²) in [6.07, 6.45) is 2.58. The molecule has 0 amide bonds. The molecule has 0 saturated carbocycles. The molecule has 1 fully saturated rings. The topological polar surface area (TPSA) is 15.3 Å². The summed E-state index contributed by atoms with van der Waals surface area (Å²) in [4.78, 5) is 2.44. The lowest BCUT2D eigenvalue weighted by atomic mass is 9.99. The van der Waals surface area contributed by atoms with E-state index in [2.05, 4.69) is 31.1 Å². The average molecular weight is 170 g/mol. The molecule has 12 heavy (non-hydrogen) atoms. The third-order valence-electron chi connectivity index (χ3n) is 2.96. The van der Waals surface area contributed by atoms with Crippen molar-refractivity contribution in [3.8, 4) is 0 Å². The molecule has 2 atom stereocenters. The van der Waals surface area contributed by atoms with E-state index in [9.17, 15) is 0 Å². The fourth-order valence-corrected chi connectivity index (χ4v) is 1.79. The first kappa shape index (κ1) is 10.0. The summed E-state index contributed by atoms with van der Waals surface area (Å²) in [5.74, 6) is 0.811. The molecule has 0 aromatic rings. The highest BCUT2D eigenvalue weighted by Crippen LogP contribution is 2.10. The van der Waals surface area contributed by atoms with Gasteiger partial charge in [-0.15, -0.1) is 0 Å². The van der Waals surface area contributed by atoms with Crippen LogP contribution < -0.4 is 5.32 Å². The molecular formula is C10H22N2. The van der Waals surface area contributed by atoms with E-state index in [4.69, 9.17) is 0 Å². The molecule has 0 aromatic carbocycles. The van der Waals surface area contributed by atoms with Gasteiger partial charge in [-0.1, -0.05) is 20.3 Å². The van der Waals surface area contributed by atoms with E-state index in [-0.39, 0.29) is 0 Å². The molecule has 2 nitrogen and oxygen atoms in total. The Morgan fingerprint density at radius 2 is 2.33 bits per heavy atom. The van der Waals surface area contributed by atoms with Crippen LogP contribution in [0.3, 0.4) is 0 Å². The van der Waals surface area contributed by atoms with Crippen molar-refractivity contribution < 1.29 is 0 Å². The molecule has 2 heteroatoms. The highest BCUT2D eigenvalue weighted by Gasteiger charge is 2.19. The Hall–Kier alpha value is -0.0800. The minimum Gasteiger partial charge on any atom is -0.312 e. The van der Waals surface area contributed by atoms with Crippen LogP contribution in [0, 0.1) is 5.92 Å². The van der Waals surface area contributed by atoms with Gasteiger partial charge in [-0.2, -0.15) is 0 Å². The normalized spacial score (nSPS) is 29.8. The van der Waals surface area contributed by atoms with Crippen molar-refractivity contribution in [3.63, 3.8) is 0 Å². The molecule has 72 valence electrons. The summed E-state index contributed by atoms with van der Waals surface area (Å²) in [6.45, 7) is 8.28. The van der Waals surface area contributed by atoms with E-state index in [0.717, 1.165) is 5.92 Å². The Labute approximate surface area is 76.3 Å². The predicted molar refractivity (Wildman–Crippen MR) is 53.4 cm³/mol. The maximum atomic E-state index is 3.62. The van der Waals surface area contributed by atoms with Gasteiger partial charge in [-0.05, 0) is 32.5 Å². The molecule has 1 heterocycles. The summed E-state index contributed by atoms with van der Waals surface area (Å²) in [5, 5.41) is 3.62. The molecule has 0 radical (unpaired) electrons. The van der Waals surface area contributed by atoms with Gasteiger partial charge in [-0.25, -0.2) is 0 Å². The van der Waals surface area contributed by atoms with Crippen molar-refractivity contribution in [2.24, 2.45) is 5.92 Å². The Morgan fingerprint density at radius 1 is 1.58 bits per heavy atom. The van der Waals surface area contributed by atoms with E-state index in [1.165, 1.54) is 32.5 Å². The Morgan fingerprint density at radius 3 is 3.00 bits per heavy atom. The van der Waals surface area contributed by atoms with Crippen LogP contribution in [0.1, 0.15) is 26.7 Å². The summed E-state index contributed by atoms with van der Waals surface area (Å²) >= 11 is 0. The second-order valence-electron chi connectivity index (χ2n) is 4.06. The fourth-order valence-electron chi connectivity index (χ4n) is 1.79. The zero-order chi connectivity index (χ0) is 8.97. The first-order valence-electron chi connectivity index (χ1n) is 5.16. The SMILES string of the molecule is CCC(C)C1CN(C)CCCN1. The summed E-state index contributed by atoms with van der Waals surface area (Å²) < 4.78 is 0. The van der Waals surface area contributed by atoms with Crippen molar-refractivity contribution in [3.05, 3.63) is 0 Å². The third kappa shape index (κ3) is 2.76. The van der Waals surface area contributed by atoms with Crippen molar-refractivity contribution in [2.75, 3.05) is 26.7 Å². The van der Waals surface area contributed by atoms with Crippen LogP contribution in [0.5, 0.6) is 0 Å². The number of rotatable bonds is 2. The Kier molecular flexibility index (Phi) is 4.02. The molecule has 1 rings (SSSR count). The molecule has 0 aliphatic carbocycles. The van der Waals surface area contributed by atoms with E-state index in [1.807, 2.05) is 0 Å². The van der Waals surface area contributed by atoms with Gasteiger partial charge in [0.2, 0.25) is 0 Å². The number of nitrogens with zero attached hydrogens (tertiary/aromatic N) is 1. The van der Waals surface area contributed by atoms with Gasteiger partial charge in [0.1, 0.15) is 0 Å². The van der Waals surface area contributed by atoms with Gasteiger partial charge in [-0.3, -0.25) is 0 Å². The van der Waals surface area contributed by atoms with Crippen molar-refractivity contribution >= 4 is 0 Å². The molecule has 0 bridgehead atoms. The zero-order valence-corrected chi connectivity index (χ0v) is 8.64. The summed E-state index contributed by atoms with van der Waals surface area (Å²) in [5.41, 5.74) is 0. The van der Waals surface area contributed by atoms with Crippen LogP contribution >= 0.6 is 0 Å². The maximum Gasteiger partial charge on any atom is 0.0220 e. The van der Waals surface area contributed by atoms with Crippen LogP contribution in [0.25, 0.3) is 0 Å². The van der Waals surface area contributed by atoms with E-state index in [0.29, 0.717) is 6.04 Å². The van der Waals surface area contributed by atoms with Crippen LogP contribution in [0.2, 0.25) is 0 Å². The number of hydrogen-bond acceptors (Lipinski definition) is 2. The molecule has 1 N–H and O–H groups in total. The van der Waals surface area contributed by atoms with Crippen molar-refractivity contribution in [1.29, 1.82) is 0 Å². The van der Waals surface area contributed by atoms with Gasteiger partial charge >= 0.3 is 0 Å². The highest BCUT2D eigenvalue weighted by atomic mass is 15.1. The Balaban J connectivity index is 2.40. The molecule has 1 aliphatic heterocycles.